The maximum absolute atomic E-state index is 12.2. The lowest BCUT2D eigenvalue weighted by atomic mass is 10.2. The van der Waals surface area contributed by atoms with Crippen molar-refractivity contribution in [3.8, 4) is 0 Å². The maximum atomic E-state index is 12.2. The van der Waals surface area contributed by atoms with Gasteiger partial charge in [0.15, 0.2) is 6.10 Å². The summed E-state index contributed by atoms with van der Waals surface area (Å²) in [7, 11) is 0. The second-order valence-corrected chi connectivity index (χ2v) is 12.6. The van der Waals surface area contributed by atoms with Crippen molar-refractivity contribution in [1.29, 1.82) is 0 Å². The molecule has 5 heteroatoms. The van der Waals surface area contributed by atoms with Gasteiger partial charge >= 0.3 is 11.9 Å². The summed E-state index contributed by atoms with van der Waals surface area (Å²) in [5.41, 5.74) is 0. The van der Waals surface area contributed by atoms with Crippen LogP contribution in [0.3, 0.4) is 0 Å². The van der Waals surface area contributed by atoms with Gasteiger partial charge in [0.1, 0.15) is 6.61 Å². The number of aliphatic hydroxyl groups excluding tert-OH is 1. The number of unbranched alkanes of at least 4 members (excludes halogenated alkanes) is 2. The number of aliphatic hydroxyl groups is 1. The van der Waals surface area contributed by atoms with Crippen LogP contribution in [0.15, 0.2) is 146 Å². The van der Waals surface area contributed by atoms with Crippen LogP contribution in [-0.4, -0.2) is 36.4 Å². The molecule has 0 saturated carbocycles. The van der Waals surface area contributed by atoms with Crippen LogP contribution in [-0.2, 0) is 19.1 Å². The number of carbonyl (C=O) groups excluding carboxylic acids is 2. The number of hydrogen-bond donors (Lipinski definition) is 1. The normalized spacial score (nSPS) is 13.8. The van der Waals surface area contributed by atoms with Crippen LogP contribution in [0.4, 0.5) is 0 Å². The van der Waals surface area contributed by atoms with Crippen LogP contribution >= 0.6 is 0 Å². The largest absolute Gasteiger partial charge is 0.462 e. The first kappa shape index (κ1) is 49.8. The number of esters is 2. The molecule has 5 nitrogen and oxygen atoms in total. The number of carbonyl (C=O) groups is 2. The fourth-order valence-electron chi connectivity index (χ4n) is 4.64. The van der Waals surface area contributed by atoms with Crippen molar-refractivity contribution in [2.45, 2.75) is 136 Å². The third-order valence-corrected chi connectivity index (χ3v) is 7.64. The highest BCUT2D eigenvalue weighted by molar-refractivity contribution is 5.70. The van der Waals surface area contributed by atoms with Crippen LogP contribution in [0.5, 0.6) is 0 Å². The van der Waals surface area contributed by atoms with Crippen molar-refractivity contribution in [2.24, 2.45) is 0 Å². The first-order valence-corrected chi connectivity index (χ1v) is 20.4. The first-order valence-electron chi connectivity index (χ1n) is 20.4. The van der Waals surface area contributed by atoms with Crippen molar-refractivity contribution in [3.05, 3.63) is 146 Å². The molecule has 0 amide bonds. The highest BCUT2D eigenvalue weighted by atomic mass is 16.6. The highest BCUT2D eigenvalue weighted by Gasteiger charge is 2.15. The Morgan fingerprint density at radius 3 is 1.11 bits per heavy atom. The molecule has 0 aliphatic carbocycles. The summed E-state index contributed by atoms with van der Waals surface area (Å²) in [5.74, 6) is -0.756. The van der Waals surface area contributed by atoms with Crippen LogP contribution in [0.25, 0.3) is 0 Å². The van der Waals surface area contributed by atoms with Gasteiger partial charge in [0.25, 0.3) is 0 Å². The van der Waals surface area contributed by atoms with Crippen molar-refractivity contribution >= 4 is 11.9 Å². The SMILES string of the molecule is CC/C=C\C/C=C\C/C=C\C/C=C\C/C=C\C/C=C\C/C=C\C/C=C\CCCCC(=O)OC(CO)COC(=O)CC/C=C\C/C=C\C/C=C\C/C=C\CC. The zero-order valence-electron chi connectivity index (χ0n) is 33.7. The fraction of sp³-hybridized carbons (Fsp3) is 0.469. The Morgan fingerprint density at radius 2 is 0.759 bits per heavy atom. The summed E-state index contributed by atoms with van der Waals surface area (Å²) < 4.78 is 10.5. The number of ether oxygens (including phenoxy) is 2. The molecule has 0 fully saturated rings. The predicted molar refractivity (Wildman–Crippen MR) is 232 cm³/mol. The van der Waals surface area contributed by atoms with Crippen molar-refractivity contribution < 1.29 is 24.2 Å². The maximum Gasteiger partial charge on any atom is 0.306 e. The number of hydrogen-bond acceptors (Lipinski definition) is 5. The van der Waals surface area contributed by atoms with Gasteiger partial charge in [0, 0.05) is 12.8 Å². The Kier molecular flexibility index (Phi) is 39.8. The van der Waals surface area contributed by atoms with E-state index < -0.39 is 6.10 Å². The summed E-state index contributed by atoms with van der Waals surface area (Å²) in [6.45, 7) is 3.77. The molecule has 54 heavy (non-hydrogen) atoms. The Labute approximate surface area is 329 Å². The predicted octanol–water partition coefficient (Wildman–Crippen LogP) is 13.2. The molecule has 0 aromatic carbocycles. The molecule has 0 aromatic rings. The molecule has 0 radical (unpaired) electrons. The van der Waals surface area contributed by atoms with E-state index in [1.165, 1.54) is 0 Å². The van der Waals surface area contributed by atoms with E-state index in [0.717, 1.165) is 89.9 Å². The average Bonchev–Trinajstić information content (AvgIpc) is 3.17. The molecule has 0 spiro atoms. The lowest BCUT2D eigenvalue weighted by molar-refractivity contribution is -0.161. The van der Waals surface area contributed by atoms with E-state index in [2.05, 4.69) is 148 Å². The standard InChI is InChI=1S/C49H72O5/c1-3-5-7-9-11-13-15-17-18-19-20-21-22-23-24-25-26-27-28-29-30-32-34-36-38-40-42-44-49(52)54-47(45-50)46-53-48(51)43-41-39-37-35-33-31-16-14-12-10-8-6-4-2/h5-8,11-14,17-18,20-21,23-24,26-27,29-31,33-34,36-37,39,47,50H,3-4,9-10,15-16,19,22,25,28,32,35,38,40-46H2,1-2H3/b7-5-,8-6-,13-11-,14-12-,18-17-,21-20-,24-23-,27-26-,30-29-,33-31-,36-34-,39-37-. The molecule has 0 aliphatic rings. The smallest absolute Gasteiger partial charge is 0.306 e. The van der Waals surface area contributed by atoms with Gasteiger partial charge in [-0.05, 0) is 103 Å². The van der Waals surface area contributed by atoms with E-state index >= 15 is 0 Å². The molecular weight excluding hydrogens is 669 g/mol. The molecule has 0 bridgehead atoms. The van der Waals surface area contributed by atoms with Gasteiger partial charge in [-0.2, -0.15) is 0 Å². The lowest BCUT2D eigenvalue weighted by Gasteiger charge is -2.15. The lowest BCUT2D eigenvalue weighted by Crippen LogP contribution is -2.28. The number of allylic oxidation sites excluding steroid dienone is 24. The fourth-order valence-corrected chi connectivity index (χ4v) is 4.64. The third kappa shape index (κ3) is 40.5. The Bertz CT molecular complexity index is 1250. The minimum atomic E-state index is -0.835. The van der Waals surface area contributed by atoms with E-state index in [9.17, 15) is 14.7 Å². The minimum absolute atomic E-state index is 0.133. The van der Waals surface area contributed by atoms with Gasteiger partial charge in [0.2, 0.25) is 0 Å². The van der Waals surface area contributed by atoms with Gasteiger partial charge in [-0.25, -0.2) is 0 Å². The Balaban J connectivity index is 3.81. The van der Waals surface area contributed by atoms with E-state index in [-0.39, 0.29) is 38.0 Å². The van der Waals surface area contributed by atoms with Gasteiger partial charge in [0.05, 0.1) is 6.61 Å². The van der Waals surface area contributed by atoms with Gasteiger partial charge in [-0.3, -0.25) is 9.59 Å². The van der Waals surface area contributed by atoms with E-state index in [1.54, 1.807) is 0 Å². The second kappa shape index (κ2) is 43.2. The van der Waals surface area contributed by atoms with Crippen LogP contribution in [0.2, 0.25) is 0 Å². The molecule has 0 heterocycles. The summed E-state index contributed by atoms with van der Waals surface area (Å²) in [6, 6.07) is 0. The third-order valence-electron chi connectivity index (χ3n) is 7.64. The molecule has 0 saturated heterocycles. The van der Waals surface area contributed by atoms with E-state index in [1.807, 2.05) is 12.2 Å². The Morgan fingerprint density at radius 1 is 0.426 bits per heavy atom. The van der Waals surface area contributed by atoms with Gasteiger partial charge in [-0.15, -0.1) is 0 Å². The van der Waals surface area contributed by atoms with Crippen molar-refractivity contribution in [1.82, 2.24) is 0 Å². The summed E-state index contributed by atoms with van der Waals surface area (Å²) in [5, 5.41) is 9.54. The second-order valence-electron chi connectivity index (χ2n) is 12.6. The first-order chi connectivity index (χ1) is 26.6. The van der Waals surface area contributed by atoms with E-state index in [0.29, 0.717) is 12.8 Å². The summed E-state index contributed by atoms with van der Waals surface area (Å²) in [6.07, 6.45) is 66.4. The average molecular weight is 741 g/mol. The number of rotatable bonds is 34. The summed E-state index contributed by atoms with van der Waals surface area (Å²) >= 11 is 0. The molecule has 0 rings (SSSR count). The molecule has 1 atom stereocenters. The zero-order valence-corrected chi connectivity index (χ0v) is 33.7. The van der Waals surface area contributed by atoms with Crippen molar-refractivity contribution in [2.75, 3.05) is 13.2 Å². The van der Waals surface area contributed by atoms with Gasteiger partial charge in [-0.1, -0.05) is 160 Å². The molecule has 1 unspecified atom stereocenters. The van der Waals surface area contributed by atoms with Crippen LogP contribution < -0.4 is 0 Å². The summed E-state index contributed by atoms with van der Waals surface area (Å²) in [4.78, 5) is 24.2. The molecule has 298 valence electrons. The Hall–Kier alpha value is -4.22. The van der Waals surface area contributed by atoms with E-state index in [4.69, 9.17) is 9.47 Å². The monoisotopic (exact) mass is 741 g/mol. The highest BCUT2D eigenvalue weighted by Crippen LogP contribution is 2.06. The van der Waals surface area contributed by atoms with Crippen LogP contribution in [0, 0.1) is 0 Å². The van der Waals surface area contributed by atoms with Crippen molar-refractivity contribution in [3.63, 3.8) is 0 Å². The molecular formula is C49H72O5. The minimum Gasteiger partial charge on any atom is -0.462 e. The zero-order chi connectivity index (χ0) is 39.3. The molecule has 1 N–H and O–H groups in total. The molecule has 0 aromatic heterocycles. The quantitative estimate of drug-likeness (QED) is 0.0404. The molecule has 0 aliphatic heterocycles. The topological polar surface area (TPSA) is 72.8 Å². The van der Waals surface area contributed by atoms with Gasteiger partial charge < -0.3 is 14.6 Å². The van der Waals surface area contributed by atoms with Crippen LogP contribution in [0.1, 0.15) is 129 Å².